The van der Waals surface area contributed by atoms with Crippen molar-refractivity contribution in [2.75, 3.05) is 27.7 Å². The predicted octanol–water partition coefficient (Wildman–Crippen LogP) is 4.43. The van der Waals surface area contributed by atoms with Gasteiger partial charge in [0, 0.05) is 12.0 Å². The second-order valence-corrected chi connectivity index (χ2v) is 8.01. The van der Waals surface area contributed by atoms with E-state index in [1.807, 2.05) is 50.5 Å². The molecular weight excluding hydrogens is 334 g/mol. The van der Waals surface area contributed by atoms with Gasteiger partial charge < -0.3 is 14.1 Å². The lowest BCUT2D eigenvalue weighted by Gasteiger charge is -2.20. The summed E-state index contributed by atoms with van der Waals surface area (Å²) in [5, 5.41) is 0.393. The number of ether oxygens (including phenoxy) is 1. The standard InChI is InChI=1S/C20H29NO3S/c1-5-6-9-16-12-13-20(24-16)25(22)19(14-15-21(2)3)17-10-7-8-11-18(17)23-4/h7-8,10-13,19H,5-6,9,14-15H2,1-4H3. The van der Waals surface area contributed by atoms with E-state index in [-0.39, 0.29) is 5.25 Å². The molecular formula is C20H29NO3S. The lowest BCUT2D eigenvalue weighted by atomic mass is 10.1. The minimum atomic E-state index is -1.26. The van der Waals surface area contributed by atoms with Crippen LogP contribution in [-0.2, 0) is 17.2 Å². The molecule has 0 radical (unpaired) electrons. The molecule has 2 atom stereocenters. The molecule has 5 heteroatoms. The maximum Gasteiger partial charge on any atom is 0.191 e. The lowest BCUT2D eigenvalue weighted by Crippen LogP contribution is -2.18. The zero-order chi connectivity index (χ0) is 18.2. The zero-order valence-corrected chi connectivity index (χ0v) is 16.5. The minimum absolute atomic E-state index is 0.163. The van der Waals surface area contributed by atoms with Crippen molar-refractivity contribution in [2.24, 2.45) is 0 Å². The van der Waals surface area contributed by atoms with Gasteiger partial charge in [0.2, 0.25) is 0 Å². The Kier molecular flexibility index (Phi) is 7.72. The Morgan fingerprint density at radius 2 is 1.96 bits per heavy atom. The molecule has 0 saturated carbocycles. The fourth-order valence-electron chi connectivity index (χ4n) is 2.78. The largest absolute Gasteiger partial charge is 0.496 e. The molecule has 0 spiro atoms. The fourth-order valence-corrected chi connectivity index (χ4v) is 4.19. The van der Waals surface area contributed by atoms with Gasteiger partial charge in [-0.25, -0.2) is 0 Å². The smallest absolute Gasteiger partial charge is 0.191 e. The van der Waals surface area contributed by atoms with Crippen LogP contribution < -0.4 is 4.74 Å². The van der Waals surface area contributed by atoms with E-state index < -0.39 is 10.8 Å². The van der Waals surface area contributed by atoms with E-state index >= 15 is 0 Å². The molecule has 4 nitrogen and oxygen atoms in total. The van der Waals surface area contributed by atoms with Gasteiger partial charge in [-0.3, -0.25) is 4.21 Å². The number of rotatable bonds is 10. The summed E-state index contributed by atoms with van der Waals surface area (Å²) < 4.78 is 24.6. The first kappa shape index (κ1) is 19.7. The highest BCUT2D eigenvalue weighted by Crippen LogP contribution is 2.35. The maximum atomic E-state index is 13.3. The van der Waals surface area contributed by atoms with Crippen LogP contribution in [-0.4, -0.2) is 36.9 Å². The molecule has 1 heterocycles. The van der Waals surface area contributed by atoms with Gasteiger partial charge in [0.1, 0.15) is 11.5 Å². The number of unbranched alkanes of at least 4 members (excludes halogenated alkanes) is 1. The summed E-state index contributed by atoms with van der Waals surface area (Å²) in [6, 6.07) is 11.6. The van der Waals surface area contributed by atoms with Gasteiger partial charge in [-0.1, -0.05) is 31.5 Å². The summed E-state index contributed by atoms with van der Waals surface area (Å²) in [6.45, 7) is 3.00. The Morgan fingerprint density at radius 3 is 2.64 bits per heavy atom. The van der Waals surface area contributed by atoms with E-state index in [1.54, 1.807) is 7.11 Å². The Hall–Kier alpha value is -1.59. The molecule has 2 unspecified atom stereocenters. The molecule has 1 aromatic heterocycles. The molecule has 0 saturated heterocycles. The summed E-state index contributed by atoms with van der Waals surface area (Å²) >= 11 is 0. The summed E-state index contributed by atoms with van der Waals surface area (Å²) in [4.78, 5) is 2.11. The van der Waals surface area contributed by atoms with Crippen LogP contribution in [0.4, 0.5) is 0 Å². The number of nitrogens with zero attached hydrogens (tertiary/aromatic N) is 1. The van der Waals surface area contributed by atoms with Crippen LogP contribution in [0.15, 0.2) is 45.9 Å². The Bertz CT molecular complexity index is 681. The number of hydrogen-bond acceptors (Lipinski definition) is 4. The highest BCUT2D eigenvalue weighted by atomic mass is 32.2. The molecule has 0 amide bonds. The van der Waals surface area contributed by atoms with E-state index in [2.05, 4.69) is 11.8 Å². The SMILES string of the molecule is CCCCc1ccc(S(=O)C(CCN(C)C)c2ccccc2OC)o1. The molecule has 2 aromatic rings. The molecule has 1 aromatic carbocycles. The quantitative estimate of drug-likeness (QED) is 0.626. The maximum absolute atomic E-state index is 13.3. The van der Waals surface area contributed by atoms with Crippen molar-refractivity contribution in [3.8, 4) is 5.75 Å². The summed E-state index contributed by atoms with van der Waals surface area (Å²) in [5.41, 5.74) is 0.969. The van der Waals surface area contributed by atoms with Crippen molar-refractivity contribution in [3.63, 3.8) is 0 Å². The Balaban J connectivity index is 2.28. The topological polar surface area (TPSA) is 42.7 Å². The van der Waals surface area contributed by atoms with Crippen molar-refractivity contribution in [1.29, 1.82) is 0 Å². The van der Waals surface area contributed by atoms with Crippen molar-refractivity contribution in [1.82, 2.24) is 4.90 Å². The average Bonchev–Trinajstić information content (AvgIpc) is 3.09. The highest BCUT2D eigenvalue weighted by Gasteiger charge is 2.26. The molecule has 0 aliphatic carbocycles. The monoisotopic (exact) mass is 363 g/mol. The minimum Gasteiger partial charge on any atom is -0.496 e. The Morgan fingerprint density at radius 1 is 1.20 bits per heavy atom. The van der Waals surface area contributed by atoms with Gasteiger partial charge in [-0.15, -0.1) is 0 Å². The summed E-state index contributed by atoms with van der Waals surface area (Å²) in [5.74, 6) is 1.69. The van der Waals surface area contributed by atoms with Crippen LogP contribution in [0.25, 0.3) is 0 Å². The molecule has 25 heavy (non-hydrogen) atoms. The van der Waals surface area contributed by atoms with E-state index in [0.29, 0.717) is 5.09 Å². The summed E-state index contributed by atoms with van der Waals surface area (Å²) in [6.07, 6.45) is 3.86. The summed E-state index contributed by atoms with van der Waals surface area (Å²) in [7, 11) is 4.45. The van der Waals surface area contributed by atoms with Crippen molar-refractivity contribution < 1.29 is 13.4 Å². The van der Waals surface area contributed by atoms with Crippen LogP contribution in [0.3, 0.4) is 0 Å². The second kappa shape index (κ2) is 9.78. The van der Waals surface area contributed by atoms with Crippen molar-refractivity contribution in [2.45, 2.75) is 42.9 Å². The van der Waals surface area contributed by atoms with Gasteiger partial charge in [-0.05, 0) is 51.7 Å². The highest BCUT2D eigenvalue weighted by molar-refractivity contribution is 7.85. The van der Waals surface area contributed by atoms with Gasteiger partial charge in [0.05, 0.1) is 23.2 Å². The van der Waals surface area contributed by atoms with Gasteiger partial charge in [-0.2, -0.15) is 0 Å². The molecule has 0 aliphatic rings. The van der Waals surface area contributed by atoms with E-state index in [4.69, 9.17) is 9.15 Å². The first-order valence-electron chi connectivity index (χ1n) is 8.83. The van der Waals surface area contributed by atoms with Gasteiger partial charge in [0.15, 0.2) is 5.09 Å². The van der Waals surface area contributed by atoms with Crippen LogP contribution in [0.2, 0.25) is 0 Å². The van der Waals surface area contributed by atoms with Crippen molar-refractivity contribution in [3.05, 3.63) is 47.7 Å². The third-order valence-electron chi connectivity index (χ3n) is 4.19. The van der Waals surface area contributed by atoms with E-state index in [0.717, 1.165) is 49.3 Å². The molecule has 0 bridgehead atoms. The number of para-hydroxylation sites is 1. The number of benzene rings is 1. The normalized spacial score (nSPS) is 13.8. The molecule has 0 aliphatic heterocycles. The van der Waals surface area contributed by atoms with Gasteiger partial charge >= 0.3 is 0 Å². The second-order valence-electron chi connectivity index (χ2n) is 6.44. The van der Waals surface area contributed by atoms with Crippen LogP contribution in [0, 0.1) is 0 Å². The predicted molar refractivity (Wildman–Crippen MR) is 103 cm³/mol. The third-order valence-corrected chi connectivity index (χ3v) is 5.82. The van der Waals surface area contributed by atoms with E-state index in [1.165, 1.54) is 0 Å². The Labute approximate surface area is 153 Å². The molecule has 0 fully saturated rings. The van der Waals surface area contributed by atoms with Crippen molar-refractivity contribution >= 4 is 10.8 Å². The average molecular weight is 364 g/mol. The number of methoxy groups -OCH3 is 1. The first-order chi connectivity index (χ1) is 12.1. The molecule has 138 valence electrons. The van der Waals surface area contributed by atoms with Crippen LogP contribution in [0.5, 0.6) is 5.75 Å². The number of hydrogen-bond donors (Lipinski definition) is 0. The first-order valence-corrected chi connectivity index (χ1v) is 10.0. The molecule has 0 N–H and O–H groups in total. The van der Waals surface area contributed by atoms with Gasteiger partial charge in [0.25, 0.3) is 0 Å². The lowest BCUT2D eigenvalue weighted by molar-refractivity contribution is 0.384. The zero-order valence-electron chi connectivity index (χ0n) is 15.7. The fraction of sp³-hybridized carbons (Fsp3) is 0.500. The molecule has 2 rings (SSSR count). The van der Waals surface area contributed by atoms with E-state index in [9.17, 15) is 4.21 Å². The third kappa shape index (κ3) is 5.44. The van der Waals surface area contributed by atoms with Crippen LogP contribution in [0.1, 0.15) is 42.8 Å². The number of furan rings is 1. The van der Waals surface area contributed by atoms with Crippen LogP contribution >= 0.6 is 0 Å². The number of aryl methyl sites for hydroxylation is 1.